The molecule has 0 heterocycles. The van der Waals surface area contributed by atoms with Crippen LogP contribution >= 0.6 is 0 Å². The summed E-state index contributed by atoms with van der Waals surface area (Å²) in [6.07, 6.45) is -9.18. The summed E-state index contributed by atoms with van der Waals surface area (Å²) in [4.78, 5) is 21.2. The minimum absolute atomic E-state index is 0.0405. The minimum Gasteiger partial charge on any atom is -0.387 e. The summed E-state index contributed by atoms with van der Waals surface area (Å²) in [5.41, 5.74) is -0.0887. The fourth-order valence-electron chi connectivity index (χ4n) is 1.18. The van der Waals surface area contributed by atoms with Gasteiger partial charge in [0.2, 0.25) is 0 Å². The number of halogens is 6. The lowest BCUT2D eigenvalue weighted by Gasteiger charge is -2.10. The molecule has 0 aliphatic carbocycles. The fraction of sp³-hybridized carbons (Fsp3) is 0.500. The van der Waals surface area contributed by atoms with E-state index >= 15 is 0 Å². The molecular formula is C12H14F6N2O2. The maximum atomic E-state index is 12.0. The number of rotatable bonds is 7. The van der Waals surface area contributed by atoms with Crippen LogP contribution in [0.3, 0.4) is 0 Å². The molecule has 126 valence electrons. The van der Waals surface area contributed by atoms with Gasteiger partial charge in [0.05, 0.1) is 0 Å². The zero-order valence-corrected chi connectivity index (χ0v) is 11.7. The highest BCUT2D eigenvalue weighted by atomic mass is 19.4. The van der Waals surface area contributed by atoms with Crippen LogP contribution in [0.2, 0.25) is 0 Å². The molecular weight excluding hydrogens is 318 g/mol. The monoisotopic (exact) mass is 332 g/mol. The van der Waals surface area contributed by atoms with Crippen molar-refractivity contribution in [1.29, 1.82) is 0 Å². The third-order valence-electron chi connectivity index (χ3n) is 2.19. The number of alkyl halides is 6. The summed E-state index contributed by atoms with van der Waals surface area (Å²) < 4.78 is 71.7. The number of nitrogens with one attached hydrogen (secondary N) is 2. The van der Waals surface area contributed by atoms with Crippen molar-refractivity contribution in [3.63, 3.8) is 0 Å². The average molecular weight is 332 g/mol. The van der Waals surface area contributed by atoms with Crippen LogP contribution in [0.25, 0.3) is 0 Å². The van der Waals surface area contributed by atoms with E-state index in [1.54, 1.807) is 0 Å². The molecule has 0 bridgehead atoms. The summed E-state index contributed by atoms with van der Waals surface area (Å²) in [7, 11) is 0. The quantitative estimate of drug-likeness (QED) is 0.426. The van der Waals surface area contributed by atoms with Crippen LogP contribution in [0.15, 0.2) is 23.5 Å². The van der Waals surface area contributed by atoms with Gasteiger partial charge in [-0.15, -0.1) is 0 Å². The third kappa shape index (κ3) is 8.32. The lowest BCUT2D eigenvalue weighted by atomic mass is 10.3. The fourth-order valence-corrected chi connectivity index (χ4v) is 1.18. The van der Waals surface area contributed by atoms with E-state index in [0.29, 0.717) is 12.2 Å². The normalized spacial score (nSPS) is 13.8. The first-order valence-electron chi connectivity index (χ1n) is 5.90. The van der Waals surface area contributed by atoms with Crippen LogP contribution in [0.4, 0.5) is 26.3 Å². The third-order valence-corrected chi connectivity index (χ3v) is 2.19. The van der Waals surface area contributed by atoms with E-state index in [0.717, 1.165) is 0 Å². The van der Waals surface area contributed by atoms with E-state index in [4.69, 9.17) is 0 Å². The minimum atomic E-state index is -4.96. The Morgan fingerprint density at radius 1 is 0.773 bits per heavy atom. The maximum Gasteiger partial charge on any atom is 0.454 e. The predicted octanol–water partition coefficient (Wildman–Crippen LogP) is 2.24. The molecule has 10 heteroatoms. The standard InChI is InChI=1S/C12H14F6N2O2/c1-7(5-9(21)11(13,14)15)19-3-4-20-8(2)6-10(22)12(16,17)18/h5-6,19-20H,3-4H2,1-2H3. The van der Waals surface area contributed by atoms with Crippen LogP contribution in [0.1, 0.15) is 13.8 Å². The molecule has 0 amide bonds. The van der Waals surface area contributed by atoms with E-state index in [1.165, 1.54) is 13.8 Å². The molecule has 0 radical (unpaired) electrons. The molecule has 22 heavy (non-hydrogen) atoms. The second-order valence-electron chi connectivity index (χ2n) is 4.23. The van der Waals surface area contributed by atoms with E-state index < -0.39 is 23.9 Å². The van der Waals surface area contributed by atoms with Crippen molar-refractivity contribution in [3.05, 3.63) is 23.5 Å². The molecule has 4 nitrogen and oxygen atoms in total. The van der Waals surface area contributed by atoms with Gasteiger partial charge in [-0.2, -0.15) is 26.3 Å². The topological polar surface area (TPSA) is 58.2 Å². The van der Waals surface area contributed by atoms with Gasteiger partial charge >= 0.3 is 12.4 Å². The number of hydrogen-bond donors (Lipinski definition) is 2. The van der Waals surface area contributed by atoms with Gasteiger partial charge in [0.1, 0.15) is 0 Å². The Labute approximate surface area is 122 Å². The van der Waals surface area contributed by atoms with Gasteiger partial charge in [-0.1, -0.05) is 0 Å². The van der Waals surface area contributed by atoms with E-state index in [9.17, 15) is 35.9 Å². The first-order valence-corrected chi connectivity index (χ1v) is 5.90. The van der Waals surface area contributed by atoms with Crippen molar-refractivity contribution in [2.75, 3.05) is 13.1 Å². The van der Waals surface area contributed by atoms with Crippen LogP contribution in [0.5, 0.6) is 0 Å². The molecule has 0 unspecified atom stereocenters. The SMILES string of the molecule is CC(=CC(=O)C(F)(F)F)NCCNC(C)=CC(=O)C(F)(F)F. The summed E-state index contributed by atoms with van der Waals surface area (Å²) in [5, 5.41) is 4.94. The maximum absolute atomic E-state index is 12.0. The lowest BCUT2D eigenvalue weighted by molar-refractivity contribution is -0.165. The Morgan fingerprint density at radius 3 is 1.27 bits per heavy atom. The number of allylic oxidation sites excluding steroid dienone is 4. The Morgan fingerprint density at radius 2 is 1.05 bits per heavy atom. The smallest absolute Gasteiger partial charge is 0.387 e. The van der Waals surface area contributed by atoms with Crippen LogP contribution < -0.4 is 10.6 Å². The molecule has 0 aliphatic rings. The van der Waals surface area contributed by atoms with Crippen molar-refractivity contribution in [2.24, 2.45) is 0 Å². The molecule has 0 spiro atoms. The van der Waals surface area contributed by atoms with Gasteiger partial charge in [-0.3, -0.25) is 9.59 Å². The molecule has 0 rings (SSSR count). The molecule has 0 saturated carbocycles. The highest BCUT2D eigenvalue weighted by Crippen LogP contribution is 2.17. The Kier molecular flexibility index (Phi) is 7.14. The highest BCUT2D eigenvalue weighted by molar-refractivity contribution is 5.95. The first-order chi connectivity index (χ1) is 9.84. The van der Waals surface area contributed by atoms with Gasteiger partial charge in [0.15, 0.2) is 0 Å². The molecule has 0 atom stereocenters. The van der Waals surface area contributed by atoms with Crippen molar-refractivity contribution in [3.8, 4) is 0 Å². The molecule has 0 saturated heterocycles. The van der Waals surface area contributed by atoms with Gasteiger partial charge in [0, 0.05) is 36.6 Å². The Hall–Kier alpha value is -2.00. The zero-order valence-electron chi connectivity index (χ0n) is 11.7. The number of hydrogen-bond acceptors (Lipinski definition) is 4. The van der Waals surface area contributed by atoms with Crippen LogP contribution in [0, 0.1) is 0 Å². The van der Waals surface area contributed by atoms with E-state index in [2.05, 4.69) is 10.6 Å². The van der Waals surface area contributed by atoms with E-state index in [-0.39, 0.29) is 24.5 Å². The van der Waals surface area contributed by atoms with Gasteiger partial charge in [-0.25, -0.2) is 0 Å². The van der Waals surface area contributed by atoms with E-state index in [1.807, 2.05) is 0 Å². The Bertz CT molecular complexity index is 433. The average Bonchev–Trinajstić information content (AvgIpc) is 2.32. The van der Waals surface area contributed by atoms with Gasteiger partial charge in [0.25, 0.3) is 11.6 Å². The summed E-state index contributed by atoms with van der Waals surface area (Å²) >= 11 is 0. The number of ketones is 2. The largest absolute Gasteiger partial charge is 0.454 e. The lowest BCUT2D eigenvalue weighted by Crippen LogP contribution is -2.28. The molecule has 0 fully saturated rings. The highest BCUT2D eigenvalue weighted by Gasteiger charge is 2.37. The van der Waals surface area contributed by atoms with Gasteiger partial charge < -0.3 is 10.6 Å². The van der Waals surface area contributed by atoms with Crippen LogP contribution in [-0.2, 0) is 9.59 Å². The Balaban J connectivity index is 4.24. The van der Waals surface area contributed by atoms with Crippen molar-refractivity contribution < 1.29 is 35.9 Å². The second kappa shape index (κ2) is 7.85. The number of carbonyl (C=O) groups excluding carboxylic acids is 2. The van der Waals surface area contributed by atoms with Crippen molar-refractivity contribution in [1.82, 2.24) is 10.6 Å². The first kappa shape index (κ1) is 20.0. The summed E-state index contributed by atoms with van der Waals surface area (Å²) in [5.74, 6) is -4.03. The number of carbonyl (C=O) groups is 2. The summed E-state index contributed by atoms with van der Waals surface area (Å²) in [6.45, 7) is 2.55. The van der Waals surface area contributed by atoms with Crippen molar-refractivity contribution in [2.45, 2.75) is 26.2 Å². The zero-order chi connectivity index (χ0) is 17.6. The second-order valence-corrected chi connectivity index (χ2v) is 4.23. The molecule has 0 aliphatic heterocycles. The summed E-state index contributed by atoms with van der Waals surface area (Å²) in [6, 6.07) is 0. The predicted molar refractivity (Wildman–Crippen MR) is 65.6 cm³/mol. The van der Waals surface area contributed by atoms with Crippen molar-refractivity contribution >= 4 is 11.6 Å². The molecule has 0 aromatic carbocycles. The van der Waals surface area contributed by atoms with Crippen LogP contribution in [-0.4, -0.2) is 37.0 Å². The van der Waals surface area contributed by atoms with Gasteiger partial charge in [-0.05, 0) is 13.8 Å². The molecule has 2 N–H and O–H groups in total. The molecule has 0 aromatic rings. The molecule has 0 aromatic heterocycles.